The predicted molar refractivity (Wildman–Crippen MR) is 42.0 cm³/mol. The second kappa shape index (κ2) is 3.71. The lowest BCUT2D eigenvalue weighted by Gasteiger charge is -1.98. The first-order valence-electron chi connectivity index (χ1n) is 3.48. The number of esters is 1. The zero-order valence-corrected chi connectivity index (χ0v) is 6.66. The topological polar surface area (TPSA) is 55.4 Å². The van der Waals surface area contributed by atoms with E-state index in [4.69, 9.17) is 0 Å². The molecule has 0 aromatic heterocycles. The molecule has 1 aliphatic heterocycles. The molecule has 0 unspecified atom stereocenters. The summed E-state index contributed by atoms with van der Waals surface area (Å²) in [5.41, 5.74) is 0.365. The Morgan fingerprint density at radius 3 is 3.08 bits per heavy atom. The van der Waals surface area contributed by atoms with Crippen molar-refractivity contribution in [2.45, 2.75) is 6.42 Å². The van der Waals surface area contributed by atoms with Gasteiger partial charge in [-0.05, 0) is 6.42 Å². The molecule has 0 spiro atoms. The van der Waals surface area contributed by atoms with E-state index >= 15 is 0 Å². The maximum atomic E-state index is 11.0. The highest BCUT2D eigenvalue weighted by molar-refractivity contribution is 5.99. The number of amides is 1. The second-order valence-corrected chi connectivity index (χ2v) is 2.28. The Labute approximate surface area is 69.9 Å². The first-order chi connectivity index (χ1) is 5.74. The van der Waals surface area contributed by atoms with E-state index in [0.29, 0.717) is 12.0 Å². The van der Waals surface area contributed by atoms with Gasteiger partial charge in [0.05, 0.1) is 7.11 Å². The molecule has 1 rings (SSSR count). The second-order valence-electron chi connectivity index (χ2n) is 2.28. The molecule has 0 saturated heterocycles. The Hall–Kier alpha value is -1.58. The largest absolute Gasteiger partial charge is 0.466 e. The van der Waals surface area contributed by atoms with Crippen LogP contribution in [0.3, 0.4) is 0 Å². The van der Waals surface area contributed by atoms with E-state index in [1.807, 2.05) is 0 Å². The van der Waals surface area contributed by atoms with Crippen LogP contribution in [0.4, 0.5) is 0 Å². The molecule has 1 heterocycles. The van der Waals surface area contributed by atoms with Crippen molar-refractivity contribution in [2.24, 2.45) is 0 Å². The number of allylic oxidation sites excluding steroid dienone is 1. The zero-order valence-electron chi connectivity index (χ0n) is 6.66. The Morgan fingerprint density at radius 2 is 2.42 bits per heavy atom. The number of methoxy groups -OCH3 is 1. The van der Waals surface area contributed by atoms with Gasteiger partial charge < -0.3 is 10.1 Å². The van der Waals surface area contributed by atoms with Gasteiger partial charge in [0.2, 0.25) is 5.91 Å². The SMILES string of the molecule is COC(=O)C1=CC(=O)NC=CC1. The average molecular weight is 167 g/mol. The monoisotopic (exact) mass is 167 g/mol. The summed E-state index contributed by atoms with van der Waals surface area (Å²) >= 11 is 0. The molecule has 0 radical (unpaired) electrons. The lowest BCUT2D eigenvalue weighted by Crippen LogP contribution is -2.14. The third-order valence-electron chi connectivity index (χ3n) is 1.43. The van der Waals surface area contributed by atoms with Crippen LogP contribution in [-0.4, -0.2) is 19.0 Å². The fourth-order valence-electron chi connectivity index (χ4n) is 0.859. The molecule has 0 fully saturated rings. The van der Waals surface area contributed by atoms with Crippen LogP contribution in [0.2, 0.25) is 0 Å². The van der Waals surface area contributed by atoms with Crippen molar-refractivity contribution in [1.82, 2.24) is 5.32 Å². The van der Waals surface area contributed by atoms with E-state index < -0.39 is 5.97 Å². The van der Waals surface area contributed by atoms with Crippen LogP contribution in [0.15, 0.2) is 23.9 Å². The van der Waals surface area contributed by atoms with Crippen molar-refractivity contribution in [1.29, 1.82) is 0 Å². The highest BCUT2D eigenvalue weighted by Crippen LogP contribution is 2.06. The van der Waals surface area contributed by atoms with E-state index in [2.05, 4.69) is 10.1 Å². The molecule has 4 heteroatoms. The number of nitrogens with one attached hydrogen (secondary N) is 1. The fraction of sp³-hybridized carbons (Fsp3) is 0.250. The fourth-order valence-corrected chi connectivity index (χ4v) is 0.859. The maximum Gasteiger partial charge on any atom is 0.334 e. The summed E-state index contributed by atoms with van der Waals surface area (Å²) in [6.45, 7) is 0. The van der Waals surface area contributed by atoms with E-state index in [1.54, 1.807) is 6.08 Å². The predicted octanol–water partition coefficient (Wildman–Crippen LogP) is 0.119. The molecule has 0 aliphatic carbocycles. The number of carbonyl (C=O) groups is 2. The van der Waals surface area contributed by atoms with Crippen molar-refractivity contribution >= 4 is 11.9 Å². The Balaban J connectivity index is 2.80. The Kier molecular flexibility index (Phi) is 2.63. The van der Waals surface area contributed by atoms with Gasteiger partial charge in [0.1, 0.15) is 0 Å². The molecule has 4 nitrogen and oxygen atoms in total. The van der Waals surface area contributed by atoms with Crippen LogP contribution in [-0.2, 0) is 14.3 Å². The van der Waals surface area contributed by atoms with Gasteiger partial charge in [-0.25, -0.2) is 4.79 Å². The van der Waals surface area contributed by atoms with Crippen LogP contribution in [0, 0.1) is 0 Å². The molecule has 12 heavy (non-hydrogen) atoms. The molecule has 1 aliphatic rings. The molecule has 0 bridgehead atoms. The molecular weight excluding hydrogens is 158 g/mol. The molecule has 0 aromatic rings. The van der Waals surface area contributed by atoms with Gasteiger partial charge in [-0.2, -0.15) is 0 Å². The molecule has 1 amide bonds. The van der Waals surface area contributed by atoms with E-state index in [9.17, 15) is 9.59 Å². The summed E-state index contributed by atoms with van der Waals surface area (Å²) < 4.78 is 4.47. The lowest BCUT2D eigenvalue weighted by atomic mass is 10.2. The first kappa shape index (κ1) is 8.52. The Bertz CT molecular complexity index is 265. The minimum atomic E-state index is -0.461. The maximum absolute atomic E-state index is 11.0. The minimum absolute atomic E-state index is 0.302. The third-order valence-corrected chi connectivity index (χ3v) is 1.43. The highest BCUT2D eigenvalue weighted by atomic mass is 16.5. The van der Waals surface area contributed by atoms with Crippen LogP contribution in [0.25, 0.3) is 0 Å². The van der Waals surface area contributed by atoms with Crippen LogP contribution in [0.5, 0.6) is 0 Å². The van der Waals surface area contributed by atoms with Crippen molar-refractivity contribution in [3.63, 3.8) is 0 Å². The number of carbonyl (C=O) groups excluding carboxylic acids is 2. The van der Waals surface area contributed by atoms with Crippen LogP contribution >= 0.6 is 0 Å². The van der Waals surface area contributed by atoms with Crippen LogP contribution in [0.1, 0.15) is 6.42 Å². The number of hydrogen-bond donors (Lipinski definition) is 1. The van der Waals surface area contributed by atoms with E-state index in [0.717, 1.165) is 0 Å². The summed E-state index contributed by atoms with van der Waals surface area (Å²) in [6.07, 6.45) is 4.86. The summed E-state index contributed by atoms with van der Waals surface area (Å²) in [5.74, 6) is -0.763. The summed E-state index contributed by atoms with van der Waals surface area (Å²) in [5, 5.41) is 2.45. The molecular formula is C8H9NO3. The molecule has 0 aromatic carbocycles. The van der Waals surface area contributed by atoms with Gasteiger partial charge in [-0.15, -0.1) is 0 Å². The third kappa shape index (κ3) is 1.95. The van der Waals surface area contributed by atoms with Gasteiger partial charge in [0, 0.05) is 17.8 Å². The van der Waals surface area contributed by atoms with Gasteiger partial charge in [0.25, 0.3) is 0 Å². The van der Waals surface area contributed by atoms with Crippen molar-refractivity contribution in [2.75, 3.05) is 7.11 Å². The van der Waals surface area contributed by atoms with E-state index in [-0.39, 0.29) is 5.91 Å². The first-order valence-corrected chi connectivity index (χ1v) is 3.48. The average Bonchev–Trinajstić information content (AvgIpc) is 2.28. The van der Waals surface area contributed by atoms with Crippen molar-refractivity contribution < 1.29 is 14.3 Å². The summed E-state index contributed by atoms with van der Waals surface area (Å²) in [6, 6.07) is 0. The normalized spacial score (nSPS) is 16.1. The molecule has 64 valence electrons. The summed E-state index contributed by atoms with van der Waals surface area (Å²) in [4.78, 5) is 21.8. The lowest BCUT2D eigenvalue weighted by molar-refractivity contribution is -0.136. The standard InChI is InChI=1S/C8H9NO3/c1-12-8(11)6-3-2-4-9-7(10)5-6/h2,4-5H,3H2,1H3,(H,9,10). The minimum Gasteiger partial charge on any atom is -0.466 e. The zero-order chi connectivity index (χ0) is 8.97. The van der Waals surface area contributed by atoms with Gasteiger partial charge in [-0.3, -0.25) is 4.79 Å². The van der Waals surface area contributed by atoms with Gasteiger partial charge >= 0.3 is 5.97 Å². The highest BCUT2D eigenvalue weighted by Gasteiger charge is 2.11. The van der Waals surface area contributed by atoms with Crippen molar-refractivity contribution in [3.8, 4) is 0 Å². The molecule has 0 saturated carbocycles. The molecule has 1 N–H and O–H groups in total. The quantitative estimate of drug-likeness (QED) is 0.564. The van der Waals surface area contributed by atoms with Crippen LogP contribution < -0.4 is 5.32 Å². The smallest absolute Gasteiger partial charge is 0.334 e. The van der Waals surface area contributed by atoms with Gasteiger partial charge in [0.15, 0.2) is 0 Å². The summed E-state index contributed by atoms with van der Waals surface area (Å²) in [7, 11) is 1.29. The Morgan fingerprint density at radius 1 is 1.67 bits per heavy atom. The number of hydrogen-bond acceptors (Lipinski definition) is 3. The number of ether oxygens (including phenoxy) is 1. The number of rotatable bonds is 1. The molecule has 0 atom stereocenters. The van der Waals surface area contributed by atoms with Crippen molar-refractivity contribution in [3.05, 3.63) is 23.9 Å². The van der Waals surface area contributed by atoms with E-state index in [1.165, 1.54) is 19.4 Å². The van der Waals surface area contributed by atoms with Gasteiger partial charge in [-0.1, -0.05) is 6.08 Å².